The van der Waals surface area contributed by atoms with Crippen LogP contribution in [0.2, 0.25) is 0 Å². The van der Waals surface area contributed by atoms with Gasteiger partial charge >= 0.3 is 5.97 Å². The van der Waals surface area contributed by atoms with Gasteiger partial charge in [0, 0.05) is 12.5 Å². The van der Waals surface area contributed by atoms with Crippen molar-refractivity contribution in [2.75, 3.05) is 0 Å². The van der Waals surface area contributed by atoms with Crippen LogP contribution in [0.15, 0.2) is 10.8 Å². The molecule has 0 aliphatic heterocycles. The van der Waals surface area contributed by atoms with Crippen molar-refractivity contribution in [3.8, 4) is 0 Å². The van der Waals surface area contributed by atoms with Crippen LogP contribution in [-0.4, -0.2) is 28.0 Å². The summed E-state index contributed by atoms with van der Waals surface area (Å²) in [5.41, 5.74) is 0.267. The van der Waals surface area contributed by atoms with Gasteiger partial charge in [0.25, 0.3) is 5.91 Å². The van der Waals surface area contributed by atoms with Crippen molar-refractivity contribution in [2.24, 2.45) is 5.92 Å². The molecular formula is C15H22N2O4. The SMILES string of the molecule is CCc1ocnc1C(=O)NC1CCCCCCC1C(=O)O. The summed E-state index contributed by atoms with van der Waals surface area (Å²) in [6.45, 7) is 1.88. The average Bonchev–Trinajstić information content (AvgIpc) is 2.89. The third-order valence-electron chi connectivity index (χ3n) is 4.08. The zero-order valence-electron chi connectivity index (χ0n) is 12.3. The quantitative estimate of drug-likeness (QED) is 0.889. The van der Waals surface area contributed by atoms with Crippen molar-refractivity contribution < 1.29 is 19.1 Å². The number of amides is 1. The summed E-state index contributed by atoms with van der Waals surface area (Å²) < 4.78 is 5.15. The Bertz CT molecular complexity index is 498. The van der Waals surface area contributed by atoms with Crippen molar-refractivity contribution in [1.82, 2.24) is 10.3 Å². The number of rotatable bonds is 4. The van der Waals surface area contributed by atoms with E-state index in [1.165, 1.54) is 6.39 Å². The smallest absolute Gasteiger partial charge is 0.308 e. The molecule has 1 fully saturated rings. The predicted molar refractivity (Wildman–Crippen MR) is 76.0 cm³/mol. The van der Waals surface area contributed by atoms with Gasteiger partial charge in [-0.15, -0.1) is 0 Å². The number of oxazole rings is 1. The highest BCUT2D eigenvalue weighted by atomic mass is 16.4. The monoisotopic (exact) mass is 294 g/mol. The summed E-state index contributed by atoms with van der Waals surface area (Å²) in [6, 6.07) is -0.336. The van der Waals surface area contributed by atoms with Crippen LogP contribution in [0.5, 0.6) is 0 Å². The number of carboxylic acid groups (broad SMARTS) is 1. The molecule has 0 radical (unpaired) electrons. The van der Waals surface area contributed by atoms with E-state index >= 15 is 0 Å². The minimum Gasteiger partial charge on any atom is -0.481 e. The number of hydrogen-bond acceptors (Lipinski definition) is 4. The van der Waals surface area contributed by atoms with E-state index in [2.05, 4.69) is 10.3 Å². The van der Waals surface area contributed by atoms with Gasteiger partial charge in [-0.2, -0.15) is 0 Å². The summed E-state index contributed by atoms with van der Waals surface area (Å²) in [5, 5.41) is 12.2. The molecule has 0 bridgehead atoms. The molecule has 1 saturated carbocycles. The lowest BCUT2D eigenvalue weighted by Gasteiger charge is -2.27. The minimum absolute atomic E-state index is 0.267. The van der Waals surface area contributed by atoms with E-state index in [1.807, 2.05) is 6.92 Å². The van der Waals surface area contributed by atoms with Gasteiger partial charge in [-0.25, -0.2) is 4.98 Å². The van der Waals surface area contributed by atoms with E-state index in [-0.39, 0.29) is 17.6 Å². The van der Waals surface area contributed by atoms with Gasteiger partial charge in [0.05, 0.1) is 5.92 Å². The third kappa shape index (κ3) is 3.83. The van der Waals surface area contributed by atoms with Crippen molar-refractivity contribution in [1.29, 1.82) is 0 Å². The number of aryl methyl sites for hydroxylation is 1. The maximum Gasteiger partial charge on any atom is 0.308 e. The molecule has 0 spiro atoms. The Morgan fingerprint density at radius 1 is 1.33 bits per heavy atom. The number of aromatic nitrogens is 1. The highest BCUT2D eigenvalue weighted by Gasteiger charge is 2.31. The van der Waals surface area contributed by atoms with Crippen molar-refractivity contribution in [3.63, 3.8) is 0 Å². The second-order valence-electron chi connectivity index (χ2n) is 5.49. The number of carboxylic acids is 1. The fourth-order valence-electron chi connectivity index (χ4n) is 2.90. The molecule has 1 aromatic rings. The van der Waals surface area contributed by atoms with Crippen LogP contribution in [0, 0.1) is 5.92 Å². The Balaban J connectivity index is 2.09. The first-order chi connectivity index (χ1) is 10.1. The predicted octanol–water partition coefficient (Wildman–Crippen LogP) is 2.39. The van der Waals surface area contributed by atoms with Crippen LogP contribution < -0.4 is 5.32 Å². The summed E-state index contributed by atoms with van der Waals surface area (Å²) in [6.07, 6.45) is 7.12. The average molecular weight is 294 g/mol. The standard InChI is InChI=1S/C15H22N2O4/c1-2-12-13(16-9-21-12)14(18)17-11-8-6-4-3-5-7-10(11)15(19)20/h9-11H,2-8H2,1H3,(H,17,18)(H,19,20). The first-order valence-corrected chi connectivity index (χ1v) is 7.59. The molecule has 2 rings (SSSR count). The number of carbonyl (C=O) groups is 2. The number of carbonyl (C=O) groups excluding carboxylic acids is 1. The van der Waals surface area contributed by atoms with Gasteiger partial charge < -0.3 is 14.8 Å². The summed E-state index contributed by atoms with van der Waals surface area (Å²) >= 11 is 0. The van der Waals surface area contributed by atoms with Crippen molar-refractivity contribution in [2.45, 2.75) is 57.9 Å². The normalized spacial score (nSPS) is 23.1. The van der Waals surface area contributed by atoms with E-state index < -0.39 is 11.9 Å². The Morgan fingerprint density at radius 2 is 2.05 bits per heavy atom. The lowest BCUT2D eigenvalue weighted by Crippen LogP contribution is -2.44. The number of hydrogen-bond donors (Lipinski definition) is 2. The Kier molecular flexibility index (Phi) is 5.36. The fourth-order valence-corrected chi connectivity index (χ4v) is 2.90. The lowest BCUT2D eigenvalue weighted by molar-refractivity contribution is -0.143. The van der Waals surface area contributed by atoms with Gasteiger partial charge in [0.1, 0.15) is 5.76 Å². The molecule has 0 saturated heterocycles. The Labute approximate surface area is 123 Å². The van der Waals surface area contributed by atoms with Crippen LogP contribution in [0.1, 0.15) is 61.7 Å². The van der Waals surface area contributed by atoms with Crippen LogP contribution in [0.4, 0.5) is 0 Å². The molecule has 1 aromatic heterocycles. The molecule has 1 aliphatic carbocycles. The van der Waals surface area contributed by atoms with Crippen LogP contribution in [0.3, 0.4) is 0 Å². The van der Waals surface area contributed by atoms with E-state index in [4.69, 9.17) is 4.42 Å². The zero-order chi connectivity index (χ0) is 15.2. The van der Waals surface area contributed by atoms with Gasteiger partial charge in [0.15, 0.2) is 12.1 Å². The molecule has 2 N–H and O–H groups in total. The summed E-state index contributed by atoms with van der Waals surface area (Å²) in [7, 11) is 0. The molecule has 2 unspecified atom stereocenters. The van der Waals surface area contributed by atoms with E-state index in [1.54, 1.807) is 0 Å². The molecule has 21 heavy (non-hydrogen) atoms. The van der Waals surface area contributed by atoms with Crippen molar-refractivity contribution >= 4 is 11.9 Å². The minimum atomic E-state index is -0.835. The topological polar surface area (TPSA) is 92.4 Å². The summed E-state index contributed by atoms with van der Waals surface area (Å²) in [4.78, 5) is 27.7. The largest absolute Gasteiger partial charge is 0.481 e. The molecule has 6 nitrogen and oxygen atoms in total. The maximum atomic E-state index is 12.3. The molecule has 6 heteroatoms. The molecule has 1 aliphatic rings. The fraction of sp³-hybridized carbons (Fsp3) is 0.667. The summed E-state index contributed by atoms with van der Waals surface area (Å²) in [5.74, 6) is -1.16. The second-order valence-corrected chi connectivity index (χ2v) is 5.49. The molecule has 2 atom stereocenters. The second kappa shape index (κ2) is 7.24. The molecule has 1 heterocycles. The van der Waals surface area contributed by atoms with E-state index in [9.17, 15) is 14.7 Å². The molecule has 116 valence electrons. The first kappa shape index (κ1) is 15.5. The number of aliphatic carboxylic acids is 1. The first-order valence-electron chi connectivity index (χ1n) is 7.59. The van der Waals surface area contributed by atoms with Gasteiger partial charge in [0.2, 0.25) is 0 Å². The van der Waals surface area contributed by atoms with Crippen LogP contribution in [0.25, 0.3) is 0 Å². The number of nitrogens with one attached hydrogen (secondary N) is 1. The van der Waals surface area contributed by atoms with Crippen LogP contribution >= 0.6 is 0 Å². The third-order valence-corrected chi connectivity index (χ3v) is 4.08. The lowest BCUT2D eigenvalue weighted by atomic mass is 9.86. The van der Waals surface area contributed by atoms with Gasteiger partial charge in [-0.1, -0.05) is 32.6 Å². The Hall–Kier alpha value is -1.85. The highest BCUT2D eigenvalue weighted by molar-refractivity contribution is 5.93. The maximum absolute atomic E-state index is 12.3. The van der Waals surface area contributed by atoms with E-state index in [0.717, 1.165) is 25.7 Å². The molecular weight excluding hydrogens is 272 g/mol. The molecule has 1 amide bonds. The highest BCUT2D eigenvalue weighted by Crippen LogP contribution is 2.23. The van der Waals surface area contributed by atoms with Crippen molar-refractivity contribution in [3.05, 3.63) is 17.8 Å². The van der Waals surface area contributed by atoms with Gasteiger partial charge in [-0.3, -0.25) is 9.59 Å². The molecule has 0 aromatic carbocycles. The van der Waals surface area contributed by atoms with Crippen LogP contribution in [-0.2, 0) is 11.2 Å². The Morgan fingerprint density at radius 3 is 2.71 bits per heavy atom. The zero-order valence-corrected chi connectivity index (χ0v) is 12.3. The van der Waals surface area contributed by atoms with E-state index in [0.29, 0.717) is 25.0 Å². The van der Waals surface area contributed by atoms with Gasteiger partial charge in [-0.05, 0) is 12.8 Å². The number of nitrogens with zero attached hydrogens (tertiary/aromatic N) is 1.